The summed E-state index contributed by atoms with van der Waals surface area (Å²) >= 11 is 1.38. The molecule has 1 aromatic rings. The number of aromatic nitrogens is 1. The second-order valence-electron chi connectivity index (χ2n) is 6.40. The summed E-state index contributed by atoms with van der Waals surface area (Å²) < 4.78 is 0. The molecule has 0 atom stereocenters. The number of hydrogen-bond donors (Lipinski definition) is 3. The van der Waals surface area contributed by atoms with Crippen LogP contribution >= 0.6 is 11.3 Å². The van der Waals surface area contributed by atoms with E-state index >= 15 is 0 Å². The van der Waals surface area contributed by atoms with Crippen molar-refractivity contribution in [1.82, 2.24) is 10.3 Å². The summed E-state index contributed by atoms with van der Waals surface area (Å²) in [6.07, 6.45) is 3.41. The molecular weight excluding hydrogens is 274 g/mol. The van der Waals surface area contributed by atoms with Gasteiger partial charge >= 0.3 is 0 Å². The topological polar surface area (TPSA) is 88.2 Å². The van der Waals surface area contributed by atoms with Crippen molar-refractivity contribution in [3.63, 3.8) is 0 Å². The number of nitrogens with one attached hydrogen (secondary N) is 1. The van der Waals surface area contributed by atoms with E-state index in [1.165, 1.54) is 11.3 Å². The fraction of sp³-hybridized carbons (Fsp3) is 0.714. The number of aliphatic hydroxyl groups is 1. The monoisotopic (exact) mass is 297 g/mol. The Bertz CT molecular complexity index is 475. The Kier molecular flexibility index (Phi) is 4.46. The summed E-state index contributed by atoms with van der Waals surface area (Å²) in [7, 11) is 0. The molecule has 0 unspecified atom stereocenters. The molecule has 1 aromatic heterocycles. The number of thiazole rings is 1. The second kappa shape index (κ2) is 5.79. The van der Waals surface area contributed by atoms with Crippen LogP contribution in [0.25, 0.3) is 0 Å². The van der Waals surface area contributed by atoms with Crippen LogP contribution in [0.1, 0.15) is 55.0 Å². The van der Waals surface area contributed by atoms with Crippen molar-refractivity contribution in [3.8, 4) is 0 Å². The molecule has 6 heteroatoms. The van der Waals surface area contributed by atoms with Crippen LogP contribution in [-0.4, -0.2) is 28.1 Å². The van der Waals surface area contributed by atoms with E-state index in [4.69, 9.17) is 5.73 Å². The molecule has 1 saturated carbocycles. The zero-order valence-corrected chi connectivity index (χ0v) is 12.9. The van der Waals surface area contributed by atoms with E-state index in [-0.39, 0.29) is 12.5 Å². The molecule has 5 nitrogen and oxygen atoms in total. The normalized spacial score (nSPS) is 20.6. The fourth-order valence-corrected chi connectivity index (χ4v) is 3.07. The van der Waals surface area contributed by atoms with Crippen LogP contribution < -0.4 is 11.1 Å². The zero-order chi connectivity index (χ0) is 14.8. The van der Waals surface area contributed by atoms with Crippen molar-refractivity contribution in [2.45, 2.75) is 51.7 Å². The van der Waals surface area contributed by atoms with E-state index in [2.05, 4.69) is 24.1 Å². The lowest BCUT2D eigenvalue weighted by atomic mass is 9.71. The van der Waals surface area contributed by atoms with Gasteiger partial charge < -0.3 is 16.2 Å². The average molecular weight is 297 g/mol. The third kappa shape index (κ3) is 3.77. The highest BCUT2D eigenvalue weighted by Crippen LogP contribution is 2.39. The highest BCUT2D eigenvalue weighted by molar-refractivity contribution is 7.09. The molecule has 1 fully saturated rings. The quantitative estimate of drug-likeness (QED) is 0.788. The molecule has 0 aromatic carbocycles. The Hall–Kier alpha value is -0.980. The molecule has 0 radical (unpaired) electrons. The molecule has 1 heterocycles. The predicted molar refractivity (Wildman–Crippen MR) is 79.5 cm³/mol. The maximum Gasteiger partial charge on any atom is 0.270 e. The lowest BCUT2D eigenvalue weighted by Gasteiger charge is -2.40. The van der Waals surface area contributed by atoms with Gasteiger partial charge in [0, 0.05) is 18.5 Å². The molecule has 1 aliphatic rings. The smallest absolute Gasteiger partial charge is 0.270 e. The highest BCUT2D eigenvalue weighted by atomic mass is 32.1. The number of carbonyl (C=O) groups is 1. The number of amides is 1. The first-order valence-corrected chi connectivity index (χ1v) is 7.87. The maximum atomic E-state index is 12.0. The number of hydrogen-bond acceptors (Lipinski definition) is 5. The van der Waals surface area contributed by atoms with Crippen LogP contribution in [0.3, 0.4) is 0 Å². The van der Waals surface area contributed by atoms with Gasteiger partial charge in [0.1, 0.15) is 10.7 Å². The molecule has 2 rings (SSSR count). The van der Waals surface area contributed by atoms with Crippen molar-refractivity contribution in [2.75, 3.05) is 6.54 Å². The van der Waals surface area contributed by atoms with E-state index in [9.17, 15) is 9.90 Å². The number of rotatable bonds is 4. The van der Waals surface area contributed by atoms with Gasteiger partial charge in [-0.25, -0.2) is 4.98 Å². The molecule has 0 saturated heterocycles. The van der Waals surface area contributed by atoms with Crippen LogP contribution in [0, 0.1) is 5.41 Å². The standard InChI is InChI=1S/C14H23N3O2S/c1-13(2)3-5-14(19,6-4-13)9-16-12(18)10-8-20-11(7-15)17-10/h8,19H,3-7,9,15H2,1-2H3,(H,16,18). The van der Waals surface area contributed by atoms with Gasteiger partial charge in [-0.1, -0.05) is 13.8 Å². The molecule has 20 heavy (non-hydrogen) atoms. The van der Waals surface area contributed by atoms with Crippen LogP contribution in [0.2, 0.25) is 0 Å². The molecule has 112 valence electrons. The molecule has 1 aliphatic carbocycles. The van der Waals surface area contributed by atoms with E-state index in [0.717, 1.165) is 30.7 Å². The Labute approximate surface area is 123 Å². The third-order valence-electron chi connectivity index (χ3n) is 4.07. The van der Waals surface area contributed by atoms with Gasteiger partial charge in [-0.05, 0) is 31.1 Å². The fourth-order valence-electron chi connectivity index (χ4n) is 2.41. The van der Waals surface area contributed by atoms with Crippen LogP contribution in [0.5, 0.6) is 0 Å². The van der Waals surface area contributed by atoms with Gasteiger partial charge in [0.2, 0.25) is 0 Å². The van der Waals surface area contributed by atoms with Crippen LogP contribution in [-0.2, 0) is 6.54 Å². The zero-order valence-electron chi connectivity index (χ0n) is 12.1. The van der Waals surface area contributed by atoms with E-state index in [1.807, 2.05) is 0 Å². The first-order valence-electron chi connectivity index (χ1n) is 6.99. The molecule has 0 aliphatic heterocycles. The highest BCUT2D eigenvalue weighted by Gasteiger charge is 2.36. The first kappa shape index (κ1) is 15.4. The lowest BCUT2D eigenvalue weighted by molar-refractivity contribution is -0.0233. The van der Waals surface area contributed by atoms with Gasteiger partial charge in [0.15, 0.2) is 0 Å². The summed E-state index contributed by atoms with van der Waals surface area (Å²) in [5, 5.41) is 15.7. The summed E-state index contributed by atoms with van der Waals surface area (Å²) in [5.41, 5.74) is 5.37. The summed E-state index contributed by atoms with van der Waals surface area (Å²) in [5.74, 6) is -0.237. The molecule has 0 bridgehead atoms. The van der Waals surface area contributed by atoms with Gasteiger partial charge in [-0.2, -0.15) is 0 Å². The Balaban J connectivity index is 1.87. The molecule has 4 N–H and O–H groups in total. The minimum atomic E-state index is -0.780. The molecule has 1 amide bonds. The van der Waals surface area contributed by atoms with E-state index in [1.54, 1.807) is 5.38 Å². The van der Waals surface area contributed by atoms with Gasteiger partial charge in [0.05, 0.1) is 5.60 Å². The van der Waals surface area contributed by atoms with Crippen molar-refractivity contribution in [3.05, 3.63) is 16.1 Å². The second-order valence-corrected chi connectivity index (χ2v) is 7.34. The Morgan fingerprint density at radius 2 is 2.10 bits per heavy atom. The largest absolute Gasteiger partial charge is 0.388 e. The van der Waals surface area contributed by atoms with Crippen LogP contribution in [0.15, 0.2) is 5.38 Å². The SMILES string of the molecule is CC1(C)CCC(O)(CNC(=O)c2csc(CN)n2)CC1. The lowest BCUT2D eigenvalue weighted by Crippen LogP contribution is -2.46. The Morgan fingerprint density at radius 3 is 2.65 bits per heavy atom. The van der Waals surface area contributed by atoms with Gasteiger partial charge in [0.25, 0.3) is 5.91 Å². The Morgan fingerprint density at radius 1 is 1.45 bits per heavy atom. The minimum absolute atomic E-state index is 0.237. The van der Waals surface area contributed by atoms with Gasteiger partial charge in [-0.15, -0.1) is 11.3 Å². The van der Waals surface area contributed by atoms with E-state index in [0.29, 0.717) is 17.7 Å². The van der Waals surface area contributed by atoms with Crippen molar-refractivity contribution in [2.24, 2.45) is 11.1 Å². The summed E-state index contributed by atoms with van der Waals surface area (Å²) in [6.45, 7) is 5.07. The number of carbonyl (C=O) groups excluding carboxylic acids is 1. The van der Waals surface area contributed by atoms with Gasteiger partial charge in [-0.3, -0.25) is 4.79 Å². The minimum Gasteiger partial charge on any atom is -0.388 e. The number of nitrogens with two attached hydrogens (primary N) is 1. The maximum absolute atomic E-state index is 12.0. The molecule has 0 spiro atoms. The van der Waals surface area contributed by atoms with Crippen molar-refractivity contribution >= 4 is 17.2 Å². The van der Waals surface area contributed by atoms with Crippen molar-refractivity contribution in [1.29, 1.82) is 0 Å². The van der Waals surface area contributed by atoms with Crippen molar-refractivity contribution < 1.29 is 9.90 Å². The third-order valence-corrected chi connectivity index (χ3v) is 4.94. The molecular formula is C14H23N3O2S. The summed E-state index contributed by atoms with van der Waals surface area (Å²) in [4.78, 5) is 16.1. The first-order chi connectivity index (χ1) is 9.34. The van der Waals surface area contributed by atoms with E-state index < -0.39 is 5.60 Å². The predicted octanol–water partition coefficient (Wildman–Crippen LogP) is 1.66. The summed E-state index contributed by atoms with van der Waals surface area (Å²) in [6, 6.07) is 0. The number of nitrogens with zero attached hydrogens (tertiary/aromatic N) is 1. The van der Waals surface area contributed by atoms with Crippen LogP contribution in [0.4, 0.5) is 0 Å². The average Bonchev–Trinajstić information content (AvgIpc) is 2.89.